The van der Waals surface area contributed by atoms with E-state index in [0.717, 1.165) is 18.1 Å². The van der Waals surface area contributed by atoms with Gasteiger partial charge in [0.25, 0.3) is 0 Å². The van der Waals surface area contributed by atoms with Crippen LogP contribution in [0.1, 0.15) is 29.8 Å². The average Bonchev–Trinajstić information content (AvgIpc) is 2.87. The molecule has 0 bridgehead atoms. The highest BCUT2D eigenvalue weighted by Crippen LogP contribution is 2.32. The number of aryl methyl sites for hydroxylation is 1. The van der Waals surface area contributed by atoms with Gasteiger partial charge >= 0.3 is 5.97 Å². The number of halogens is 3. The van der Waals surface area contributed by atoms with Crippen molar-refractivity contribution in [1.29, 1.82) is 0 Å². The Balaban J connectivity index is 1.52. The molecule has 0 saturated carbocycles. The van der Waals surface area contributed by atoms with Crippen LogP contribution < -0.4 is 9.47 Å². The molecule has 0 heterocycles. The van der Waals surface area contributed by atoms with Crippen LogP contribution in [0.2, 0.25) is 0 Å². The Morgan fingerprint density at radius 1 is 0.743 bits per heavy atom. The number of ether oxygens (including phenoxy) is 2. The van der Waals surface area contributed by atoms with E-state index >= 15 is 0 Å². The molecule has 178 valence electrons. The lowest BCUT2D eigenvalue weighted by Gasteiger charge is -2.11. The molecule has 4 rings (SSSR count). The highest BCUT2D eigenvalue weighted by molar-refractivity contribution is 5.91. The van der Waals surface area contributed by atoms with Gasteiger partial charge in [-0.2, -0.15) is 0 Å². The highest BCUT2D eigenvalue weighted by Gasteiger charge is 2.17. The zero-order valence-electron chi connectivity index (χ0n) is 19.3. The van der Waals surface area contributed by atoms with E-state index in [2.05, 4.69) is 0 Å². The largest absolute Gasteiger partial charge is 0.491 e. The van der Waals surface area contributed by atoms with Crippen molar-refractivity contribution < 1.29 is 27.4 Å². The van der Waals surface area contributed by atoms with Gasteiger partial charge < -0.3 is 9.47 Å². The van der Waals surface area contributed by atoms with Crippen molar-refractivity contribution in [3.05, 3.63) is 107 Å². The smallest absolute Gasteiger partial charge is 0.343 e. The quantitative estimate of drug-likeness (QED) is 0.203. The van der Waals surface area contributed by atoms with Crippen molar-refractivity contribution >= 4 is 5.97 Å². The molecule has 0 aliphatic carbocycles. The molecule has 0 amide bonds. The second-order valence-corrected chi connectivity index (χ2v) is 7.83. The summed E-state index contributed by atoms with van der Waals surface area (Å²) in [6, 6.07) is 20.2. The predicted molar refractivity (Wildman–Crippen MR) is 129 cm³/mol. The third-order valence-electron chi connectivity index (χ3n) is 5.60. The molecule has 0 aromatic heterocycles. The molecule has 0 N–H and O–H groups in total. The molecule has 0 unspecified atom stereocenters. The van der Waals surface area contributed by atoms with Crippen LogP contribution in [0.4, 0.5) is 13.2 Å². The monoisotopic (exact) mass is 476 g/mol. The number of hydrogen-bond acceptors (Lipinski definition) is 3. The second-order valence-electron chi connectivity index (χ2n) is 7.83. The summed E-state index contributed by atoms with van der Waals surface area (Å²) in [4.78, 5) is 12.4. The van der Waals surface area contributed by atoms with Crippen molar-refractivity contribution in [2.75, 3.05) is 6.61 Å². The van der Waals surface area contributed by atoms with Gasteiger partial charge in [0.15, 0.2) is 23.2 Å². The second kappa shape index (κ2) is 10.5. The van der Waals surface area contributed by atoms with Crippen molar-refractivity contribution in [3.8, 4) is 33.8 Å². The first-order valence-electron chi connectivity index (χ1n) is 11.2. The zero-order valence-corrected chi connectivity index (χ0v) is 19.3. The molecule has 0 saturated heterocycles. The molecule has 4 aromatic rings. The Bertz CT molecular complexity index is 1350. The number of rotatable bonds is 7. The summed E-state index contributed by atoms with van der Waals surface area (Å²) in [6.45, 7) is 4.05. The zero-order chi connectivity index (χ0) is 24.9. The van der Waals surface area contributed by atoms with E-state index in [1.165, 1.54) is 42.5 Å². The van der Waals surface area contributed by atoms with E-state index in [1.54, 1.807) is 25.1 Å². The Kier molecular flexibility index (Phi) is 7.20. The lowest BCUT2D eigenvalue weighted by molar-refractivity contribution is 0.0734. The average molecular weight is 476 g/mol. The minimum absolute atomic E-state index is 0.0192. The molecule has 0 aliphatic rings. The SMILES string of the molecule is CCOc1ccc(C(=O)Oc2ccc(-c3ccc(-c4ccc(CC)cc4)c(F)c3F)cc2)cc1F. The van der Waals surface area contributed by atoms with E-state index in [1.807, 2.05) is 19.1 Å². The number of carbonyl (C=O) groups excluding carboxylic acids is 1. The van der Waals surface area contributed by atoms with Crippen LogP contribution in [0, 0.1) is 17.5 Å². The van der Waals surface area contributed by atoms with Crippen LogP contribution in [0.5, 0.6) is 11.5 Å². The van der Waals surface area contributed by atoms with Crippen LogP contribution in [0.25, 0.3) is 22.3 Å². The molecule has 0 radical (unpaired) electrons. The lowest BCUT2D eigenvalue weighted by Crippen LogP contribution is -2.09. The molecule has 0 fully saturated rings. The van der Waals surface area contributed by atoms with E-state index in [-0.39, 0.29) is 28.2 Å². The Hall–Kier alpha value is -4.06. The minimum Gasteiger partial charge on any atom is -0.491 e. The summed E-state index contributed by atoms with van der Waals surface area (Å²) in [5, 5.41) is 0. The van der Waals surface area contributed by atoms with Gasteiger partial charge in [-0.05, 0) is 60.4 Å². The Labute approximate surface area is 201 Å². The first-order chi connectivity index (χ1) is 16.9. The van der Waals surface area contributed by atoms with Crippen LogP contribution in [-0.4, -0.2) is 12.6 Å². The van der Waals surface area contributed by atoms with Crippen LogP contribution in [-0.2, 0) is 6.42 Å². The first-order valence-corrected chi connectivity index (χ1v) is 11.2. The number of benzene rings is 4. The molecule has 35 heavy (non-hydrogen) atoms. The minimum atomic E-state index is -0.961. The third kappa shape index (κ3) is 5.22. The summed E-state index contributed by atoms with van der Waals surface area (Å²) in [5.74, 6) is -3.08. The van der Waals surface area contributed by atoms with E-state index in [0.29, 0.717) is 17.7 Å². The predicted octanol–water partition coefficient (Wildman–Crippen LogP) is 7.62. The molecular weight excluding hydrogens is 453 g/mol. The first kappa shape index (κ1) is 24.1. The summed E-state index contributed by atoms with van der Waals surface area (Å²) in [6.07, 6.45) is 0.860. The van der Waals surface area contributed by atoms with E-state index in [9.17, 15) is 18.0 Å². The van der Waals surface area contributed by atoms with Crippen molar-refractivity contribution in [2.45, 2.75) is 20.3 Å². The van der Waals surface area contributed by atoms with Gasteiger partial charge in [0.1, 0.15) is 5.75 Å². The highest BCUT2D eigenvalue weighted by atomic mass is 19.2. The van der Waals surface area contributed by atoms with Gasteiger partial charge in [-0.15, -0.1) is 0 Å². The molecule has 3 nitrogen and oxygen atoms in total. The number of hydrogen-bond donors (Lipinski definition) is 0. The van der Waals surface area contributed by atoms with Gasteiger partial charge in [0.2, 0.25) is 0 Å². The molecule has 0 spiro atoms. The third-order valence-corrected chi connectivity index (χ3v) is 5.60. The molecular formula is C29H23F3O3. The molecule has 6 heteroatoms. The maximum absolute atomic E-state index is 14.9. The van der Waals surface area contributed by atoms with Crippen LogP contribution in [0.15, 0.2) is 78.9 Å². The van der Waals surface area contributed by atoms with Gasteiger partial charge in [-0.25, -0.2) is 18.0 Å². The standard InChI is InChI=1S/C29H23F3O3/c1-3-18-5-7-19(8-6-18)23-14-15-24(28(32)27(23)31)20-9-12-22(13-10-20)35-29(33)21-11-16-26(34-4-2)25(30)17-21/h5-17H,3-4H2,1-2H3. The summed E-state index contributed by atoms with van der Waals surface area (Å²) in [5.41, 5.74) is 2.41. The van der Waals surface area contributed by atoms with Crippen molar-refractivity contribution in [2.24, 2.45) is 0 Å². The molecule has 0 atom stereocenters. The summed E-state index contributed by atoms with van der Waals surface area (Å²) in [7, 11) is 0. The topological polar surface area (TPSA) is 35.5 Å². The maximum atomic E-state index is 14.9. The van der Waals surface area contributed by atoms with Gasteiger partial charge in [-0.1, -0.05) is 55.5 Å². The summed E-state index contributed by atoms with van der Waals surface area (Å²) >= 11 is 0. The van der Waals surface area contributed by atoms with Gasteiger partial charge in [0.05, 0.1) is 12.2 Å². The Morgan fingerprint density at radius 3 is 1.83 bits per heavy atom. The van der Waals surface area contributed by atoms with Crippen LogP contribution >= 0.6 is 0 Å². The number of esters is 1. The molecule has 4 aromatic carbocycles. The van der Waals surface area contributed by atoms with Gasteiger partial charge in [0, 0.05) is 11.1 Å². The van der Waals surface area contributed by atoms with Crippen LogP contribution in [0.3, 0.4) is 0 Å². The van der Waals surface area contributed by atoms with Crippen molar-refractivity contribution in [3.63, 3.8) is 0 Å². The fraction of sp³-hybridized carbons (Fsp3) is 0.138. The summed E-state index contributed by atoms with van der Waals surface area (Å²) < 4.78 is 54.2. The lowest BCUT2D eigenvalue weighted by atomic mass is 9.98. The number of carbonyl (C=O) groups is 1. The fourth-order valence-electron chi connectivity index (χ4n) is 3.68. The molecule has 0 aliphatic heterocycles. The van der Waals surface area contributed by atoms with E-state index in [4.69, 9.17) is 9.47 Å². The van der Waals surface area contributed by atoms with E-state index < -0.39 is 23.4 Å². The fourth-order valence-corrected chi connectivity index (χ4v) is 3.68. The Morgan fingerprint density at radius 2 is 1.31 bits per heavy atom. The maximum Gasteiger partial charge on any atom is 0.343 e. The van der Waals surface area contributed by atoms with Gasteiger partial charge in [-0.3, -0.25) is 0 Å². The normalized spacial score (nSPS) is 10.8. The van der Waals surface area contributed by atoms with Crippen molar-refractivity contribution in [1.82, 2.24) is 0 Å².